The third-order valence-electron chi connectivity index (χ3n) is 5.66. The van der Waals surface area contributed by atoms with Crippen molar-refractivity contribution in [3.63, 3.8) is 0 Å². The molecule has 2 aromatic heterocycles. The van der Waals surface area contributed by atoms with Crippen LogP contribution in [0.5, 0.6) is 5.75 Å². The molecule has 8 heteroatoms. The molecule has 0 saturated heterocycles. The van der Waals surface area contributed by atoms with E-state index in [2.05, 4.69) is 10.2 Å². The number of Topliss-reactive ketones (excluding diaryl/α,β-unsaturated/α-hetero) is 1. The lowest BCUT2D eigenvalue weighted by molar-refractivity contribution is 0.102. The van der Waals surface area contributed by atoms with Crippen molar-refractivity contribution in [1.29, 1.82) is 0 Å². The van der Waals surface area contributed by atoms with Crippen LogP contribution in [-0.2, 0) is 7.05 Å². The van der Waals surface area contributed by atoms with E-state index in [1.165, 1.54) is 17.8 Å². The first kappa shape index (κ1) is 22.8. The van der Waals surface area contributed by atoms with E-state index in [0.29, 0.717) is 33.5 Å². The summed E-state index contributed by atoms with van der Waals surface area (Å²) in [6.45, 7) is 5.52. The molecule has 4 aromatic rings. The van der Waals surface area contributed by atoms with E-state index in [0.717, 1.165) is 17.0 Å². The quantitative estimate of drug-likeness (QED) is 0.274. The number of halogens is 1. The second-order valence-electron chi connectivity index (χ2n) is 7.83. The van der Waals surface area contributed by atoms with Crippen LogP contribution in [0.4, 0.5) is 4.39 Å². The minimum Gasteiger partial charge on any atom is -0.496 e. The van der Waals surface area contributed by atoms with Gasteiger partial charge in [-0.2, -0.15) is 0 Å². The Morgan fingerprint density at radius 3 is 2.58 bits per heavy atom. The van der Waals surface area contributed by atoms with Crippen LogP contribution in [0.15, 0.2) is 53.7 Å². The van der Waals surface area contributed by atoms with Gasteiger partial charge in [-0.05, 0) is 56.7 Å². The maximum Gasteiger partial charge on any atom is 0.191 e. The second kappa shape index (κ2) is 9.23. The van der Waals surface area contributed by atoms with Gasteiger partial charge in [0.15, 0.2) is 16.8 Å². The van der Waals surface area contributed by atoms with E-state index >= 15 is 0 Å². The fourth-order valence-corrected chi connectivity index (χ4v) is 4.67. The number of carbonyl (C=O) groups is 1. The zero-order chi connectivity index (χ0) is 23.7. The topological polar surface area (TPSA) is 61.9 Å². The molecule has 170 valence electrons. The molecule has 0 fully saturated rings. The molecule has 0 amide bonds. The number of ketones is 1. The molecule has 33 heavy (non-hydrogen) atoms. The standard InChI is InChI=1S/C25H25FN4O2S/c1-15-10-11-18(13-21(15)26)30-16(2)12-20(17(30)3)22(31)14-33-25-28-27-24(29(25)4)19-8-6-7-9-23(19)32-5/h6-13H,14H2,1-5H3. The number of thioether (sulfide) groups is 1. The minimum absolute atomic E-state index is 0.0197. The van der Waals surface area contributed by atoms with Crippen molar-refractivity contribution in [2.45, 2.75) is 25.9 Å². The Kier molecular flexibility index (Phi) is 6.37. The number of methoxy groups -OCH3 is 1. The van der Waals surface area contributed by atoms with Gasteiger partial charge < -0.3 is 13.9 Å². The molecule has 2 aromatic carbocycles. The first-order valence-corrected chi connectivity index (χ1v) is 11.4. The van der Waals surface area contributed by atoms with Gasteiger partial charge in [0, 0.05) is 29.7 Å². The lowest BCUT2D eigenvalue weighted by Gasteiger charge is -2.11. The van der Waals surface area contributed by atoms with Crippen LogP contribution in [0.2, 0.25) is 0 Å². The van der Waals surface area contributed by atoms with Crippen LogP contribution in [0.3, 0.4) is 0 Å². The van der Waals surface area contributed by atoms with Gasteiger partial charge in [-0.3, -0.25) is 4.79 Å². The van der Waals surface area contributed by atoms with Crippen molar-refractivity contribution >= 4 is 17.5 Å². The van der Waals surface area contributed by atoms with Crippen molar-refractivity contribution in [2.75, 3.05) is 12.9 Å². The van der Waals surface area contributed by atoms with E-state index in [4.69, 9.17) is 4.74 Å². The molecular weight excluding hydrogens is 439 g/mol. The van der Waals surface area contributed by atoms with E-state index in [9.17, 15) is 9.18 Å². The monoisotopic (exact) mass is 464 g/mol. The van der Waals surface area contributed by atoms with Crippen LogP contribution < -0.4 is 4.74 Å². The number of benzene rings is 2. The molecule has 0 radical (unpaired) electrons. The van der Waals surface area contributed by atoms with Crippen LogP contribution in [0.25, 0.3) is 17.1 Å². The average Bonchev–Trinajstić information content (AvgIpc) is 3.32. The molecular formula is C25H25FN4O2S. The Morgan fingerprint density at radius 1 is 1.09 bits per heavy atom. The molecule has 0 aliphatic heterocycles. The summed E-state index contributed by atoms with van der Waals surface area (Å²) in [7, 11) is 3.48. The normalized spacial score (nSPS) is 11.1. The molecule has 4 rings (SSSR count). The molecule has 0 unspecified atom stereocenters. The van der Waals surface area contributed by atoms with Crippen LogP contribution in [-0.4, -0.2) is 38.0 Å². The van der Waals surface area contributed by atoms with E-state index in [-0.39, 0.29) is 17.4 Å². The summed E-state index contributed by atoms with van der Waals surface area (Å²) in [6.07, 6.45) is 0. The highest BCUT2D eigenvalue weighted by Gasteiger charge is 2.20. The Balaban J connectivity index is 1.55. The van der Waals surface area contributed by atoms with Crippen molar-refractivity contribution in [2.24, 2.45) is 7.05 Å². The van der Waals surface area contributed by atoms with Gasteiger partial charge in [-0.15, -0.1) is 10.2 Å². The van der Waals surface area contributed by atoms with Gasteiger partial charge in [0.05, 0.1) is 18.4 Å². The van der Waals surface area contributed by atoms with Crippen molar-refractivity contribution in [3.8, 4) is 22.8 Å². The molecule has 0 N–H and O–H groups in total. The molecule has 6 nitrogen and oxygen atoms in total. The maximum absolute atomic E-state index is 14.1. The highest BCUT2D eigenvalue weighted by atomic mass is 32.2. The molecule has 0 bridgehead atoms. The van der Waals surface area contributed by atoms with E-state index in [1.807, 2.05) is 66.4 Å². The Morgan fingerprint density at radius 2 is 1.85 bits per heavy atom. The Bertz CT molecular complexity index is 1340. The third kappa shape index (κ3) is 4.30. The van der Waals surface area contributed by atoms with Gasteiger partial charge in [0.2, 0.25) is 0 Å². The summed E-state index contributed by atoms with van der Waals surface area (Å²) in [5.41, 5.74) is 4.41. The predicted molar refractivity (Wildman–Crippen MR) is 128 cm³/mol. The molecule has 0 spiro atoms. The van der Waals surface area contributed by atoms with Gasteiger partial charge in [0.1, 0.15) is 11.6 Å². The number of ether oxygens (including phenoxy) is 1. The zero-order valence-corrected chi connectivity index (χ0v) is 20.0. The molecule has 0 aliphatic rings. The Labute approximate surface area is 196 Å². The fraction of sp³-hybridized carbons (Fsp3) is 0.240. The summed E-state index contributed by atoms with van der Waals surface area (Å²) in [5.74, 6) is 1.30. The summed E-state index contributed by atoms with van der Waals surface area (Å²) >= 11 is 1.33. The minimum atomic E-state index is -0.267. The average molecular weight is 465 g/mol. The predicted octanol–water partition coefficient (Wildman–Crippen LogP) is 5.32. The lowest BCUT2D eigenvalue weighted by Crippen LogP contribution is -2.07. The number of para-hydroxylation sites is 1. The van der Waals surface area contributed by atoms with Crippen LogP contribution in [0, 0.1) is 26.6 Å². The third-order valence-corrected chi connectivity index (χ3v) is 6.68. The number of nitrogens with zero attached hydrogens (tertiary/aromatic N) is 4. The molecule has 0 aliphatic carbocycles. The van der Waals surface area contributed by atoms with E-state index < -0.39 is 0 Å². The second-order valence-corrected chi connectivity index (χ2v) is 8.77. The van der Waals surface area contributed by atoms with Crippen molar-refractivity contribution in [1.82, 2.24) is 19.3 Å². The fourth-order valence-electron chi connectivity index (χ4n) is 3.88. The summed E-state index contributed by atoms with van der Waals surface area (Å²) in [5, 5.41) is 9.20. The lowest BCUT2D eigenvalue weighted by atomic mass is 10.2. The summed E-state index contributed by atoms with van der Waals surface area (Å²) < 4.78 is 23.3. The smallest absolute Gasteiger partial charge is 0.191 e. The van der Waals surface area contributed by atoms with Gasteiger partial charge in [0.25, 0.3) is 0 Å². The SMILES string of the molecule is COc1ccccc1-c1nnc(SCC(=O)c2cc(C)n(-c3ccc(C)c(F)c3)c2C)n1C. The number of aromatic nitrogens is 4. The van der Waals surface area contributed by atoms with Gasteiger partial charge in [-0.1, -0.05) is 30.0 Å². The summed E-state index contributed by atoms with van der Waals surface area (Å²) in [4.78, 5) is 13.1. The number of rotatable bonds is 7. The number of aryl methyl sites for hydroxylation is 2. The highest BCUT2D eigenvalue weighted by molar-refractivity contribution is 7.99. The largest absolute Gasteiger partial charge is 0.496 e. The van der Waals surface area contributed by atoms with Crippen LogP contribution in [0.1, 0.15) is 27.3 Å². The van der Waals surface area contributed by atoms with Gasteiger partial charge >= 0.3 is 0 Å². The van der Waals surface area contributed by atoms with Crippen molar-refractivity contribution < 1.29 is 13.9 Å². The van der Waals surface area contributed by atoms with Crippen molar-refractivity contribution in [3.05, 3.63) is 76.9 Å². The first-order valence-electron chi connectivity index (χ1n) is 10.5. The molecule has 2 heterocycles. The molecule has 0 saturated carbocycles. The highest BCUT2D eigenvalue weighted by Crippen LogP contribution is 2.30. The summed E-state index contributed by atoms with van der Waals surface area (Å²) in [6, 6.07) is 14.6. The number of hydrogen-bond donors (Lipinski definition) is 0. The van der Waals surface area contributed by atoms with E-state index in [1.54, 1.807) is 20.1 Å². The molecule has 0 atom stereocenters. The van der Waals surface area contributed by atoms with Crippen LogP contribution >= 0.6 is 11.8 Å². The number of hydrogen-bond acceptors (Lipinski definition) is 5. The Hall–Kier alpha value is -3.39. The van der Waals surface area contributed by atoms with Gasteiger partial charge in [-0.25, -0.2) is 4.39 Å². The zero-order valence-electron chi connectivity index (χ0n) is 19.2. The first-order chi connectivity index (χ1) is 15.8. The maximum atomic E-state index is 14.1. The number of carbonyl (C=O) groups excluding carboxylic acids is 1.